The van der Waals surface area contributed by atoms with E-state index < -0.39 is 5.69 Å². The van der Waals surface area contributed by atoms with Gasteiger partial charge in [0, 0.05) is 46.5 Å². The lowest BCUT2D eigenvalue weighted by Crippen LogP contribution is -2.28. The van der Waals surface area contributed by atoms with Crippen molar-refractivity contribution in [3.05, 3.63) is 91.9 Å². The predicted octanol–water partition coefficient (Wildman–Crippen LogP) is 3.48. The molecule has 5 aromatic rings. The van der Waals surface area contributed by atoms with E-state index in [1.807, 2.05) is 56.4 Å². The number of carbonyl (C=O) groups is 1. The van der Waals surface area contributed by atoms with Crippen LogP contribution < -0.4 is 22.4 Å². The number of hydrogen-bond donors (Lipinski definition) is 4. The van der Waals surface area contributed by atoms with Crippen molar-refractivity contribution in [1.29, 1.82) is 0 Å². The standard InChI is InChI=1S/C27H28N6O3/c1-14(2)32-8-7-19-20(25(34)29-13-21-15(3)9-16(4)30-26(21)35)10-18(12-23(19)32)17-5-6-22-24(11-17)33(28)27(36)31-22/h5-12,14H,13,28H2,1-4H3,(H,29,34)(H,30,35)(H,31,36). The van der Waals surface area contributed by atoms with Crippen LogP contribution in [-0.4, -0.2) is 25.1 Å². The van der Waals surface area contributed by atoms with Crippen LogP contribution in [0.1, 0.15) is 47.1 Å². The topological polar surface area (TPSA) is 131 Å². The van der Waals surface area contributed by atoms with Crippen molar-refractivity contribution in [1.82, 2.24) is 24.5 Å². The first-order chi connectivity index (χ1) is 17.1. The number of aromatic nitrogens is 4. The average molecular weight is 485 g/mol. The summed E-state index contributed by atoms with van der Waals surface area (Å²) in [5, 5.41) is 3.75. The van der Waals surface area contributed by atoms with E-state index in [0.29, 0.717) is 22.2 Å². The van der Waals surface area contributed by atoms with Gasteiger partial charge >= 0.3 is 5.69 Å². The minimum absolute atomic E-state index is 0.117. The molecule has 36 heavy (non-hydrogen) atoms. The summed E-state index contributed by atoms with van der Waals surface area (Å²) in [6, 6.07) is 13.4. The van der Waals surface area contributed by atoms with Gasteiger partial charge in [0.25, 0.3) is 11.5 Å². The van der Waals surface area contributed by atoms with Crippen molar-refractivity contribution < 1.29 is 4.79 Å². The highest BCUT2D eigenvalue weighted by Gasteiger charge is 2.18. The molecule has 5 N–H and O–H groups in total. The van der Waals surface area contributed by atoms with E-state index >= 15 is 0 Å². The highest BCUT2D eigenvalue weighted by Crippen LogP contribution is 2.31. The monoisotopic (exact) mass is 484 g/mol. The fraction of sp³-hybridized carbons (Fsp3) is 0.222. The van der Waals surface area contributed by atoms with Crippen molar-refractivity contribution >= 4 is 27.8 Å². The summed E-state index contributed by atoms with van der Waals surface area (Å²) in [6.07, 6.45) is 1.97. The molecular weight excluding hydrogens is 456 g/mol. The molecule has 0 bridgehead atoms. The van der Waals surface area contributed by atoms with Gasteiger partial charge in [0.1, 0.15) is 0 Å². The first-order valence-electron chi connectivity index (χ1n) is 11.8. The summed E-state index contributed by atoms with van der Waals surface area (Å²) in [5.74, 6) is 5.63. The molecule has 1 amide bonds. The van der Waals surface area contributed by atoms with E-state index in [1.54, 1.807) is 6.07 Å². The van der Waals surface area contributed by atoms with E-state index in [1.165, 1.54) is 0 Å². The average Bonchev–Trinajstić information content (AvgIpc) is 3.38. The van der Waals surface area contributed by atoms with Crippen LogP contribution in [0, 0.1) is 13.8 Å². The molecule has 0 saturated heterocycles. The number of imidazole rings is 1. The van der Waals surface area contributed by atoms with Gasteiger partial charge in [-0.05, 0) is 80.8 Å². The number of aryl methyl sites for hydroxylation is 2. The number of rotatable bonds is 5. The lowest BCUT2D eigenvalue weighted by atomic mass is 9.99. The maximum absolute atomic E-state index is 13.5. The molecule has 0 unspecified atom stereocenters. The molecule has 0 atom stereocenters. The molecule has 3 heterocycles. The Balaban J connectivity index is 1.60. The molecule has 184 valence electrons. The number of H-pyrrole nitrogens is 2. The van der Waals surface area contributed by atoms with Crippen LogP contribution in [0.25, 0.3) is 33.1 Å². The fourth-order valence-electron chi connectivity index (χ4n) is 4.73. The Labute approximate surface area is 206 Å². The SMILES string of the molecule is Cc1cc(C)c(CNC(=O)c2cc(-c3ccc4[nH]c(=O)n(N)c4c3)cc3c2ccn3C(C)C)c(=O)[nH]1. The third-order valence-electron chi connectivity index (χ3n) is 6.61. The minimum Gasteiger partial charge on any atom is -0.348 e. The number of nitrogens with zero attached hydrogens (tertiary/aromatic N) is 2. The quantitative estimate of drug-likeness (QED) is 0.285. The third kappa shape index (κ3) is 3.88. The molecule has 0 radical (unpaired) electrons. The van der Waals surface area contributed by atoms with Crippen molar-refractivity contribution in [3.63, 3.8) is 0 Å². The normalized spacial score (nSPS) is 11.6. The maximum Gasteiger partial charge on any atom is 0.344 e. The molecular formula is C27H28N6O3. The summed E-state index contributed by atoms with van der Waals surface area (Å²) in [5.41, 5.74) is 5.78. The third-order valence-corrected chi connectivity index (χ3v) is 6.61. The lowest BCUT2D eigenvalue weighted by molar-refractivity contribution is 0.0952. The summed E-state index contributed by atoms with van der Waals surface area (Å²) in [4.78, 5) is 43.3. The number of pyridine rings is 1. The van der Waals surface area contributed by atoms with Crippen LogP contribution in [0.4, 0.5) is 0 Å². The molecule has 0 aliphatic rings. The first kappa shape index (κ1) is 23.2. The zero-order valence-electron chi connectivity index (χ0n) is 20.6. The minimum atomic E-state index is -0.396. The number of nitrogen functional groups attached to an aromatic ring is 1. The van der Waals surface area contributed by atoms with Crippen LogP contribution in [0.3, 0.4) is 0 Å². The Kier molecular flexibility index (Phi) is 5.55. The van der Waals surface area contributed by atoms with E-state index in [-0.39, 0.29) is 24.1 Å². The number of benzene rings is 2. The number of carbonyl (C=O) groups excluding carboxylic acids is 1. The van der Waals surface area contributed by atoms with Gasteiger partial charge in [-0.3, -0.25) is 9.59 Å². The molecule has 9 nitrogen and oxygen atoms in total. The molecule has 3 aromatic heterocycles. The number of fused-ring (bicyclic) bond motifs is 2. The van der Waals surface area contributed by atoms with E-state index in [4.69, 9.17) is 5.84 Å². The highest BCUT2D eigenvalue weighted by molar-refractivity contribution is 6.08. The van der Waals surface area contributed by atoms with Gasteiger partial charge in [0.2, 0.25) is 0 Å². The summed E-state index contributed by atoms with van der Waals surface area (Å²) in [6.45, 7) is 7.97. The summed E-state index contributed by atoms with van der Waals surface area (Å²) < 4.78 is 3.18. The lowest BCUT2D eigenvalue weighted by Gasteiger charge is -2.14. The number of hydrogen-bond acceptors (Lipinski definition) is 4. The molecule has 0 saturated carbocycles. The number of nitrogens with two attached hydrogens (primary N) is 1. The second-order valence-corrected chi connectivity index (χ2v) is 9.43. The van der Waals surface area contributed by atoms with Gasteiger partial charge in [-0.1, -0.05) is 6.07 Å². The van der Waals surface area contributed by atoms with E-state index in [2.05, 4.69) is 33.7 Å². The van der Waals surface area contributed by atoms with E-state index in [0.717, 1.165) is 38.0 Å². The molecule has 0 aliphatic heterocycles. The van der Waals surface area contributed by atoms with Gasteiger partial charge in [0.05, 0.1) is 11.0 Å². The van der Waals surface area contributed by atoms with Crippen LogP contribution in [0.15, 0.2) is 58.3 Å². The van der Waals surface area contributed by atoms with Crippen molar-refractivity contribution in [3.8, 4) is 11.1 Å². The number of aromatic amines is 2. The van der Waals surface area contributed by atoms with Crippen LogP contribution in [-0.2, 0) is 6.54 Å². The fourth-order valence-corrected chi connectivity index (χ4v) is 4.73. The molecule has 0 aliphatic carbocycles. The highest BCUT2D eigenvalue weighted by atomic mass is 16.2. The second kappa shape index (κ2) is 8.60. The Hall–Kier alpha value is -4.53. The molecule has 9 heteroatoms. The largest absolute Gasteiger partial charge is 0.348 e. The predicted molar refractivity (Wildman–Crippen MR) is 142 cm³/mol. The molecule has 5 rings (SSSR count). The Morgan fingerprint density at radius 2 is 1.75 bits per heavy atom. The Morgan fingerprint density at radius 1 is 1.00 bits per heavy atom. The zero-order chi connectivity index (χ0) is 25.7. The first-order valence-corrected chi connectivity index (χ1v) is 11.8. The van der Waals surface area contributed by atoms with Crippen molar-refractivity contribution in [2.45, 2.75) is 40.3 Å². The maximum atomic E-state index is 13.5. The van der Waals surface area contributed by atoms with Gasteiger partial charge < -0.3 is 25.7 Å². The molecule has 0 spiro atoms. The summed E-state index contributed by atoms with van der Waals surface area (Å²) in [7, 11) is 0. The zero-order valence-corrected chi connectivity index (χ0v) is 20.6. The summed E-state index contributed by atoms with van der Waals surface area (Å²) >= 11 is 0. The smallest absolute Gasteiger partial charge is 0.344 e. The van der Waals surface area contributed by atoms with Crippen molar-refractivity contribution in [2.24, 2.45) is 0 Å². The van der Waals surface area contributed by atoms with Crippen molar-refractivity contribution in [2.75, 3.05) is 5.84 Å². The Bertz CT molecular complexity index is 1770. The van der Waals surface area contributed by atoms with Gasteiger partial charge in [-0.2, -0.15) is 0 Å². The van der Waals surface area contributed by atoms with Gasteiger partial charge in [0.15, 0.2) is 0 Å². The molecule has 2 aromatic carbocycles. The molecule has 0 fully saturated rings. The second-order valence-electron chi connectivity index (χ2n) is 9.43. The van der Waals surface area contributed by atoms with Gasteiger partial charge in [-0.25, -0.2) is 9.47 Å². The number of nitrogens with one attached hydrogen (secondary N) is 3. The number of amides is 1. The Morgan fingerprint density at radius 3 is 2.47 bits per heavy atom. The van der Waals surface area contributed by atoms with Gasteiger partial charge in [-0.15, -0.1) is 0 Å². The van der Waals surface area contributed by atoms with Crippen LogP contribution >= 0.6 is 0 Å². The van der Waals surface area contributed by atoms with Crippen LogP contribution in [0.2, 0.25) is 0 Å². The van der Waals surface area contributed by atoms with Crippen LogP contribution in [0.5, 0.6) is 0 Å². The van der Waals surface area contributed by atoms with E-state index in [9.17, 15) is 14.4 Å².